The fourth-order valence-electron chi connectivity index (χ4n) is 1.63. The molecule has 0 aliphatic carbocycles. The molecule has 8 heteroatoms. The molecule has 0 aliphatic heterocycles. The first-order chi connectivity index (χ1) is 9.76. The summed E-state index contributed by atoms with van der Waals surface area (Å²) in [7, 11) is -2.37. The summed E-state index contributed by atoms with van der Waals surface area (Å²) in [5, 5.41) is 2.61. The van der Waals surface area contributed by atoms with E-state index in [-0.39, 0.29) is 10.9 Å². The van der Waals surface area contributed by atoms with E-state index < -0.39 is 27.8 Å². The van der Waals surface area contributed by atoms with E-state index in [1.807, 2.05) is 0 Å². The number of carbonyl (C=O) groups is 1. The lowest BCUT2D eigenvalue weighted by molar-refractivity contribution is -0.123. The molecule has 2 N–H and O–H groups in total. The Labute approximate surface area is 123 Å². The third-order valence-corrected chi connectivity index (χ3v) is 4.21. The molecule has 0 spiro atoms. The van der Waals surface area contributed by atoms with Gasteiger partial charge in [0.1, 0.15) is 5.82 Å². The third-order valence-electron chi connectivity index (χ3n) is 2.65. The zero-order chi connectivity index (χ0) is 16.0. The highest BCUT2D eigenvalue weighted by Gasteiger charge is 2.22. The maximum atomic E-state index is 12.8. The quantitative estimate of drug-likeness (QED) is 0.773. The van der Waals surface area contributed by atoms with Gasteiger partial charge in [-0.25, -0.2) is 12.8 Å². The number of carbonyl (C=O) groups excluding carboxylic acids is 1. The highest BCUT2D eigenvalue weighted by Crippen LogP contribution is 2.10. The average molecular weight is 318 g/mol. The monoisotopic (exact) mass is 318 g/mol. The molecule has 0 heterocycles. The fraction of sp³-hybridized carbons (Fsp3) is 0.462. The summed E-state index contributed by atoms with van der Waals surface area (Å²) in [5.74, 6) is -1.00. The maximum Gasteiger partial charge on any atom is 0.241 e. The minimum atomic E-state index is -3.88. The van der Waals surface area contributed by atoms with Crippen molar-refractivity contribution in [1.82, 2.24) is 10.0 Å². The molecule has 0 fully saturated rings. The van der Waals surface area contributed by atoms with E-state index >= 15 is 0 Å². The molecule has 1 amide bonds. The number of halogens is 1. The third kappa shape index (κ3) is 5.41. The Bertz CT molecular complexity index is 574. The average Bonchev–Trinajstić information content (AvgIpc) is 2.38. The SMILES string of the molecule is COC[C@H](C)NC(=O)[C@H](C)NS(=O)(=O)c1ccc(F)cc1. The fourth-order valence-corrected chi connectivity index (χ4v) is 2.83. The molecule has 1 aromatic rings. The van der Waals surface area contributed by atoms with Gasteiger partial charge in [0.2, 0.25) is 15.9 Å². The van der Waals surface area contributed by atoms with Crippen LogP contribution in [0.25, 0.3) is 0 Å². The Morgan fingerprint density at radius 2 is 1.86 bits per heavy atom. The first-order valence-electron chi connectivity index (χ1n) is 6.33. The summed E-state index contributed by atoms with van der Waals surface area (Å²) < 4.78 is 44.0. The molecular weight excluding hydrogens is 299 g/mol. The maximum absolute atomic E-state index is 12.8. The molecule has 21 heavy (non-hydrogen) atoms. The summed E-state index contributed by atoms with van der Waals surface area (Å²) in [6, 6.07) is 3.16. The molecule has 1 aromatic carbocycles. The van der Waals surface area contributed by atoms with Crippen LogP contribution in [0.3, 0.4) is 0 Å². The van der Waals surface area contributed by atoms with Crippen molar-refractivity contribution in [2.45, 2.75) is 30.8 Å². The molecule has 0 bridgehead atoms. The normalized spacial score (nSPS) is 14.5. The van der Waals surface area contributed by atoms with Gasteiger partial charge in [-0.15, -0.1) is 0 Å². The Morgan fingerprint density at radius 1 is 1.29 bits per heavy atom. The topological polar surface area (TPSA) is 84.5 Å². The molecule has 0 radical (unpaired) electrons. The summed E-state index contributed by atoms with van der Waals surface area (Å²) >= 11 is 0. The van der Waals surface area contributed by atoms with Crippen molar-refractivity contribution >= 4 is 15.9 Å². The number of nitrogens with one attached hydrogen (secondary N) is 2. The summed E-state index contributed by atoms with van der Waals surface area (Å²) in [4.78, 5) is 11.7. The van der Waals surface area contributed by atoms with Crippen LogP contribution in [0.15, 0.2) is 29.2 Å². The molecule has 6 nitrogen and oxygen atoms in total. The number of sulfonamides is 1. The van der Waals surface area contributed by atoms with Crippen LogP contribution in [0.5, 0.6) is 0 Å². The van der Waals surface area contributed by atoms with Gasteiger partial charge in [0.25, 0.3) is 0 Å². The van der Waals surface area contributed by atoms with Crippen molar-refractivity contribution < 1.29 is 22.3 Å². The van der Waals surface area contributed by atoms with Crippen LogP contribution in [0.4, 0.5) is 4.39 Å². The van der Waals surface area contributed by atoms with E-state index in [0.717, 1.165) is 24.3 Å². The predicted octanol–water partition coefficient (Wildman–Crippen LogP) is 0.644. The van der Waals surface area contributed by atoms with E-state index in [9.17, 15) is 17.6 Å². The molecule has 0 unspecified atom stereocenters. The van der Waals surface area contributed by atoms with Gasteiger partial charge in [0.05, 0.1) is 17.5 Å². The number of rotatable bonds is 7. The second kappa shape index (κ2) is 7.48. The van der Waals surface area contributed by atoms with E-state index in [0.29, 0.717) is 6.61 Å². The Balaban J connectivity index is 2.70. The van der Waals surface area contributed by atoms with E-state index in [4.69, 9.17) is 4.74 Å². The molecule has 1 rings (SSSR count). The van der Waals surface area contributed by atoms with Crippen LogP contribution in [0.1, 0.15) is 13.8 Å². The second-order valence-electron chi connectivity index (χ2n) is 4.66. The Morgan fingerprint density at radius 3 is 2.38 bits per heavy atom. The lowest BCUT2D eigenvalue weighted by Gasteiger charge is -2.18. The first-order valence-corrected chi connectivity index (χ1v) is 7.82. The van der Waals surface area contributed by atoms with Crippen molar-refractivity contribution in [3.05, 3.63) is 30.1 Å². The largest absolute Gasteiger partial charge is 0.383 e. The van der Waals surface area contributed by atoms with Gasteiger partial charge < -0.3 is 10.1 Å². The summed E-state index contributed by atoms with van der Waals surface area (Å²) in [6.07, 6.45) is 0. The highest BCUT2D eigenvalue weighted by molar-refractivity contribution is 7.89. The molecule has 0 saturated heterocycles. The molecule has 2 atom stereocenters. The van der Waals surface area contributed by atoms with E-state index in [2.05, 4.69) is 10.0 Å². The van der Waals surface area contributed by atoms with Crippen LogP contribution < -0.4 is 10.0 Å². The standard InChI is InChI=1S/C13H19FN2O4S/c1-9(8-20-3)15-13(17)10(2)16-21(18,19)12-6-4-11(14)5-7-12/h4-7,9-10,16H,8H2,1-3H3,(H,15,17)/t9-,10-/m0/s1. The van der Waals surface area contributed by atoms with Crippen LogP contribution in [-0.4, -0.2) is 40.1 Å². The molecule has 118 valence electrons. The number of ether oxygens (including phenoxy) is 1. The molecule has 0 saturated carbocycles. The van der Waals surface area contributed by atoms with Crippen molar-refractivity contribution in [1.29, 1.82) is 0 Å². The predicted molar refractivity (Wildman–Crippen MR) is 75.7 cm³/mol. The van der Waals surface area contributed by atoms with E-state index in [1.165, 1.54) is 14.0 Å². The lowest BCUT2D eigenvalue weighted by Crippen LogP contribution is -2.48. The van der Waals surface area contributed by atoms with Gasteiger partial charge >= 0.3 is 0 Å². The summed E-state index contributed by atoms with van der Waals surface area (Å²) in [6.45, 7) is 3.49. The number of hydrogen-bond acceptors (Lipinski definition) is 4. The van der Waals surface area contributed by atoms with Gasteiger partial charge in [-0.05, 0) is 38.1 Å². The Kier molecular flexibility index (Phi) is 6.25. The molecular formula is C13H19FN2O4S. The number of hydrogen-bond donors (Lipinski definition) is 2. The smallest absolute Gasteiger partial charge is 0.241 e. The lowest BCUT2D eigenvalue weighted by atomic mass is 10.3. The van der Waals surface area contributed by atoms with Gasteiger partial charge in [-0.3, -0.25) is 4.79 Å². The zero-order valence-corrected chi connectivity index (χ0v) is 12.9. The van der Waals surface area contributed by atoms with E-state index in [1.54, 1.807) is 6.92 Å². The van der Waals surface area contributed by atoms with Crippen molar-refractivity contribution in [3.63, 3.8) is 0 Å². The van der Waals surface area contributed by atoms with Gasteiger partial charge in [-0.1, -0.05) is 0 Å². The Hall–Kier alpha value is -1.51. The minimum Gasteiger partial charge on any atom is -0.383 e. The second-order valence-corrected chi connectivity index (χ2v) is 6.38. The van der Waals surface area contributed by atoms with Crippen molar-refractivity contribution in [2.75, 3.05) is 13.7 Å². The highest BCUT2D eigenvalue weighted by atomic mass is 32.2. The summed E-state index contributed by atoms with van der Waals surface area (Å²) in [5.41, 5.74) is 0. The van der Waals surface area contributed by atoms with Crippen LogP contribution in [0.2, 0.25) is 0 Å². The van der Waals surface area contributed by atoms with Crippen molar-refractivity contribution in [2.24, 2.45) is 0 Å². The zero-order valence-electron chi connectivity index (χ0n) is 12.1. The number of amides is 1. The van der Waals surface area contributed by atoms with Gasteiger partial charge in [0.15, 0.2) is 0 Å². The number of methoxy groups -OCH3 is 1. The number of benzene rings is 1. The van der Waals surface area contributed by atoms with Gasteiger partial charge in [0, 0.05) is 13.2 Å². The van der Waals surface area contributed by atoms with Crippen molar-refractivity contribution in [3.8, 4) is 0 Å². The molecule has 0 aromatic heterocycles. The van der Waals surface area contributed by atoms with Crippen LogP contribution in [-0.2, 0) is 19.6 Å². The van der Waals surface area contributed by atoms with Gasteiger partial charge in [-0.2, -0.15) is 4.72 Å². The minimum absolute atomic E-state index is 0.103. The first kappa shape index (κ1) is 17.5. The molecule has 0 aliphatic rings. The van der Waals surface area contributed by atoms with Crippen LogP contribution in [0, 0.1) is 5.82 Å². The van der Waals surface area contributed by atoms with Crippen LogP contribution >= 0.6 is 0 Å².